The summed E-state index contributed by atoms with van der Waals surface area (Å²) in [4.78, 5) is 10.9. The molecule has 0 saturated carbocycles. The molecule has 122 valence electrons. The molecule has 6 nitrogen and oxygen atoms in total. The SMILES string of the molecule is CC(/C=C/c1ccc(C#N)c(Oc2ccccc2)c1)N(O)C(N)=O. The van der Waals surface area contributed by atoms with E-state index in [4.69, 9.17) is 10.5 Å². The zero-order valence-electron chi connectivity index (χ0n) is 13.1. The number of urea groups is 1. The van der Waals surface area contributed by atoms with Crippen LogP contribution in [0, 0.1) is 11.3 Å². The van der Waals surface area contributed by atoms with Crippen LogP contribution in [-0.4, -0.2) is 22.3 Å². The standard InChI is InChI=1S/C18H17N3O3/c1-13(21(23)18(20)22)7-8-14-9-10-15(12-19)17(11-14)24-16-5-3-2-4-6-16/h2-11,13,23H,1H3,(H2,20,22)/b8-7+. The summed E-state index contributed by atoms with van der Waals surface area (Å²) in [5, 5.41) is 19.1. The topological polar surface area (TPSA) is 99.6 Å². The largest absolute Gasteiger partial charge is 0.456 e. The maximum absolute atomic E-state index is 10.9. The first-order valence-corrected chi connectivity index (χ1v) is 7.24. The number of hydrogen-bond acceptors (Lipinski definition) is 4. The maximum atomic E-state index is 10.9. The Balaban J connectivity index is 2.22. The van der Waals surface area contributed by atoms with Crippen molar-refractivity contribution in [1.29, 1.82) is 5.26 Å². The van der Waals surface area contributed by atoms with Gasteiger partial charge in [0.15, 0.2) is 0 Å². The molecule has 1 unspecified atom stereocenters. The van der Waals surface area contributed by atoms with Crippen LogP contribution in [0.2, 0.25) is 0 Å². The van der Waals surface area contributed by atoms with Crippen LogP contribution in [0.3, 0.4) is 0 Å². The van der Waals surface area contributed by atoms with Crippen molar-refractivity contribution in [2.45, 2.75) is 13.0 Å². The van der Waals surface area contributed by atoms with E-state index in [9.17, 15) is 15.3 Å². The highest BCUT2D eigenvalue weighted by Gasteiger charge is 2.11. The fourth-order valence-electron chi connectivity index (χ4n) is 1.97. The van der Waals surface area contributed by atoms with Gasteiger partial charge in [0.2, 0.25) is 0 Å². The molecule has 0 fully saturated rings. The predicted molar refractivity (Wildman–Crippen MR) is 89.4 cm³/mol. The van der Waals surface area contributed by atoms with E-state index in [0.717, 1.165) is 5.56 Å². The van der Waals surface area contributed by atoms with E-state index in [1.54, 1.807) is 49.4 Å². The van der Waals surface area contributed by atoms with Crippen molar-refractivity contribution >= 4 is 12.1 Å². The van der Waals surface area contributed by atoms with Crippen molar-refractivity contribution in [2.24, 2.45) is 5.73 Å². The summed E-state index contributed by atoms with van der Waals surface area (Å²) in [6.07, 6.45) is 3.31. The molecular weight excluding hydrogens is 306 g/mol. The summed E-state index contributed by atoms with van der Waals surface area (Å²) in [5.74, 6) is 1.05. The third-order valence-electron chi connectivity index (χ3n) is 3.28. The first kappa shape index (κ1) is 17.1. The molecule has 2 amide bonds. The summed E-state index contributed by atoms with van der Waals surface area (Å²) >= 11 is 0. The van der Waals surface area contributed by atoms with Gasteiger partial charge in [-0.25, -0.2) is 4.79 Å². The number of hydroxylamine groups is 2. The number of rotatable bonds is 5. The highest BCUT2D eigenvalue weighted by molar-refractivity contribution is 5.71. The average molecular weight is 323 g/mol. The number of nitrogens with zero attached hydrogens (tertiary/aromatic N) is 2. The lowest BCUT2D eigenvalue weighted by Crippen LogP contribution is -2.38. The lowest BCUT2D eigenvalue weighted by molar-refractivity contribution is -0.0560. The molecule has 6 heteroatoms. The van der Waals surface area contributed by atoms with E-state index in [1.807, 2.05) is 18.2 Å². The minimum Gasteiger partial charge on any atom is -0.456 e. The zero-order chi connectivity index (χ0) is 17.5. The molecule has 0 bridgehead atoms. The number of para-hydroxylation sites is 1. The Morgan fingerprint density at radius 2 is 2.04 bits per heavy atom. The number of primary amides is 1. The van der Waals surface area contributed by atoms with Crippen molar-refractivity contribution in [3.8, 4) is 17.6 Å². The van der Waals surface area contributed by atoms with Crippen LogP contribution in [-0.2, 0) is 0 Å². The Morgan fingerprint density at radius 3 is 2.67 bits per heavy atom. The molecule has 2 aromatic carbocycles. The van der Waals surface area contributed by atoms with Gasteiger partial charge < -0.3 is 10.5 Å². The van der Waals surface area contributed by atoms with Gasteiger partial charge in [-0.05, 0) is 36.8 Å². The summed E-state index contributed by atoms with van der Waals surface area (Å²) in [6.45, 7) is 1.62. The van der Waals surface area contributed by atoms with E-state index in [2.05, 4.69) is 6.07 Å². The number of benzene rings is 2. The second-order valence-electron chi connectivity index (χ2n) is 5.07. The maximum Gasteiger partial charge on any atom is 0.339 e. The Kier molecular flexibility index (Phi) is 5.55. The fourth-order valence-corrected chi connectivity index (χ4v) is 1.97. The average Bonchev–Trinajstić information content (AvgIpc) is 2.60. The highest BCUT2D eigenvalue weighted by atomic mass is 16.5. The lowest BCUT2D eigenvalue weighted by Gasteiger charge is -2.16. The van der Waals surface area contributed by atoms with Gasteiger partial charge in [0, 0.05) is 0 Å². The molecule has 0 radical (unpaired) electrons. The third-order valence-corrected chi connectivity index (χ3v) is 3.28. The van der Waals surface area contributed by atoms with Gasteiger partial charge >= 0.3 is 6.03 Å². The Labute approximate surface area is 140 Å². The van der Waals surface area contributed by atoms with Crippen LogP contribution in [0.1, 0.15) is 18.1 Å². The van der Waals surface area contributed by atoms with Gasteiger partial charge in [-0.3, -0.25) is 5.21 Å². The zero-order valence-corrected chi connectivity index (χ0v) is 13.1. The first-order valence-electron chi connectivity index (χ1n) is 7.24. The molecule has 24 heavy (non-hydrogen) atoms. The number of nitrogens with two attached hydrogens (primary N) is 1. The second-order valence-corrected chi connectivity index (χ2v) is 5.07. The quantitative estimate of drug-likeness (QED) is 0.649. The molecule has 2 aromatic rings. The van der Waals surface area contributed by atoms with Crippen LogP contribution in [0.5, 0.6) is 11.5 Å². The summed E-state index contributed by atoms with van der Waals surface area (Å²) in [6, 6.07) is 14.8. The van der Waals surface area contributed by atoms with Crippen molar-refractivity contribution in [1.82, 2.24) is 5.06 Å². The molecule has 0 aliphatic heterocycles. The van der Waals surface area contributed by atoms with Crippen molar-refractivity contribution in [2.75, 3.05) is 0 Å². The molecule has 1 atom stereocenters. The van der Waals surface area contributed by atoms with E-state index in [-0.39, 0.29) is 0 Å². The second kappa shape index (κ2) is 7.81. The predicted octanol–water partition coefficient (Wildman–Crippen LogP) is 3.52. The molecule has 0 aromatic heterocycles. The first-order chi connectivity index (χ1) is 11.5. The van der Waals surface area contributed by atoms with Crippen molar-refractivity contribution in [3.05, 3.63) is 65.7 Å². The van der Waals surface area contributed by atoms with Gasteiger partial charge in [-0.2, -0.15) is 10.3 Å². The van der Waals surface area contributed by atoms with E-state index >= 15 is 0 Å². The number of carbonyl (C=O) groups excluding carboxylic acids is 1. The Hall–Kier alpha value is -3.30. The molecule has 0 saturated heterocycles. The fraction of sp³-hybridized carbons (Fsp3) is 0.111. The van der Waals surface area contributed by atoms with E-state index < -0.39 is 12.1 Å². The number of amides is 2. The molecule has 3 N–H and O–H groups in total. The number of nitriles is 1. The van der Waals surface area contributed by atoms with E-state index in [0.29, 0.717) is 22.1 Å². The van der Waals surface area contributed by atoms with Gasteiger partial charge in [0.25, 0.3) is 0 Å². The molecule has 0 heterocycles. The van der Waals surface area contributed by atoms with Crippen LogP contribution in [0.25, 0.3) is 6.08 Å². The molecule has 0 spiro atoms. The summed E-state index contributed by atoms with van der Waals surface area (Å²) < 4.78 is 5.74. The molecule has 2 rings (SSSR count). The van der Waals surface area contributed by atoms with Gasteiger partial charge in [-0.15, -0.1) is 0 Å². The number of carbonyl (C=O) groups is 1. The van der Waals surface area contributed by atoms with E-state index in [1.165, 1.54) is 0 Å². The van der Waals surface area contributed by atoms with Crippen LogP contribution < -0.4 is 10.5 Å². The smallest absolute Gasteiger partial charge is 0.339 e. The minimum atomic E-state index is -0.930. The van der Waals surface area contributed by atoms with Crippen molar-refractivity contribution in [3.63, 3.8) is 0 Å². The monoisotopic (exact) mass is 323 g/mol. The van der Waals surface area contributed by atoms with Crippen LogP contribution in [0.4, 0.5) is 4.79 Å². The minimum absolute atomic E-state index is 0.407. The van der Waals surface area contributed by atoms with Crippen LogP contribution in [0.15, 0.2) is 54.6 Å². The Morgan fingerprint density at radius 1 is 1.33 bits per heavy atom. The van der Waals surface area contributed by atoms with Crippen molar-refractivity contribution < 1.29 is 14.7 Å². The Bertz CT molecular complexity index is 782. The summed E-state index contributed by atoms with van der Waals surface area (Å²) in [7, 11) is 0. The summed E-state index contributed by atoms with van der Waals surface area (Å²) in [5.41, 5.74) is 6.16. The highest BCUT2D eigenvalue weighted by Crippen LogP contribution is 2.26. The lowest BCUT2D eigenvalue weighted by atomic mass is 10.1. The normalized spacial score (nSPS) is 11.7. The van der Waals surface area contributed by atoms with Gasteiger partial charge in [0.05, 0.1) is 11.6 Å². The van der Waals surface area contributed by atoms with Gasteiger partial charge in [-0.1, -0.05) is 36.4 Å². The number of hydrogen-bond donors (Lipinski definition) is 2. The van der Waals surface area contributed by atoms with Gasteiger partial charge in [0.1, 0.15) is 17.6 Å². The number of ether oxygens (including phenoxy) is 1. The molecule has 0 aliphatic carbocycles. The van der Waals surface area contributed by atoms with Crippen LogP contribution >= 0.6 is 0 Å². The third kappa shape index (κ3) is 4.35. The molecular formula is C18H17N3O3. The molecule has 0 aliphatic rings.